The lowest BCUT2D eigenvalue weighted by atomic mass is 10.1. The van der Waals surface area contributed by atoms with Gasteiger partial charge in [-0.25, -0.2) is 0 Å². The fraction of sp³-hybridized carbons (Fsp3) is 0.417. The molecule has 0 bridgehead atoms. The Bertz CT molecular complexity index is 321. The molecule has 2 nitrogen and oxygen atoms in total. The van der Waals surface area contributed by atoms with Crippen molar-refractivity contribution in [2.24, 2.45) is 0 Å². The van der Waals surface area contributed by atoms with Gasteiger partial charge in [-0.15, -0.1) is 0 Å². The molecule has 0 aliphatic carbocycles. The minimum Gasteiger partial charge on any atom is -0.360 e. The van der Waals surface area contributed by atoms with E-state index in [1.807, 2.05) is 19.2 Å². The van der Waals surface area contributed by atoms with Gasteiger partial charge >= 0.3 is 0 Å². The average molecular weight is 190 g/mol. The summed E-state index contributed by atoms with van der Waals surface area (Å²) in [5.41, 5.74) is 3.41. The Hall–Kier alpha value is -1.31. The lowest BCUT2D eigenvalue weighted by molar-refractivity contribution is 0.795. The summed E-state index contributed by atoms with van der Waals surface area (Å²) >= 11 is 0. The smallest absolute Gasteiger partial charge is 0.0635 e. The van der Waals surface area contributed by atoms with Gasteiger partial charge in [0.15, 0.2) is 0 Å². The Morgan fingerprint density at radius 3 is 2.86 bits per heavy atom. The van der Waals surface area contributed by atoms with Gasteiger partial charge in [0.05, 0.1) is 5.69 Å². The van der Waals surface area contributed by atoms with E-state index in [0.29, 0.717) is 0 Å². The molecule has 0 aliphatic heterocycles. The van der Waals surface area contributed by atoms with Gasteiger partial charge in [-0.05, 0) is 25.3 Å². The minimum absolute atomic E-state index is 0.911. The van der Waals surface area contributed by atoms with E-state index >= 15 is 0 Å². The van der Waals surface area contributed by atoms with Gasteiger partial charge in [0.1, 0.15) is 0 Å². The van der Waals surface area contributed by atoms with Crippen molar-refractivity contribution in [2.75, 3.05) is 0 Å². The number of unbranched alkanes of at least 4 members (excludes halogenated alkanes) is 1. The predicted octanol–water partition coefficient (Wildman–Crippen LogP) is 3.39. The number of rotatable bonds is 5. The van der Waals surface area contributed by atoms with E-state index in [4.69, 9.17) is 5.41 Å². The van der Waals surface area contributed by atoms with Gasteiger partial charge < -0.3 is 10.4 Å². The van der Waals surface area contributed by atoms with Crippen molar-refractivity contribution >= 4 is 12.3 Å². The van der Waals surface area contributed by atoms with Crippen LogP contribution >= 0.6 is 0 Å². The number of aryl methyl sites for hydroxylation is 1. The van der Waals surface area contributed by atoms with Crippen LogP contribution in [0.2, 0.25) is 0 Å². The van der Waals surface area contributed by atoms with E-state index in [-0.39, 0.29) is 0 Å². The number of allylic oxidation sites excluding steroid dienone is 1. The Morgan fingerprint density at radius 2 is 2.29 bits per heavy atom. The minimum atomic E-state index is 0.911. The Morgan fingerprint density at radius 1 is 1.50 bits per heavy atom. The maximum atomic E-state index is 7.26. The zero-order valence-corrected chi connectivity index (χ0v) is 8.93. The lowest BCUT2D eigenvalue weighted by Gasteiger charge is -1.98. The quantitative estimate of drug-likeness (QED) is 0.668. The highest BCUT2D eigenvalue weighted by atomic mass is 14.7. The highest BCUT2D eigenvalue weighted by Gasteiger charge is 2.05. The highest BCUT2D eigenvalue weighted by molar-refractivity contribution is 5.82. The fourth-order valence-corrected chi connectivity index (χ4v) is 1.55. The molecule has 1 aromatic rings. The summed E-state index contributed by atoms with van der Waals surface area (Å²) in [5.74, 6) is 0. The third-order valence-electron chi connectivity index (χ3n) is 2.32. The molecule has 0 unspecified atom stereocenters. The topological polar surface area (TPSA) is 39.6 Å². The van der Waals surface area contributed by atoms with Crippen LogP contribution < -0.4 is 0 Å². The average Bonchev–Trinajstić information content (AvgIpc) is 2.58. The monoisotopic (exact) mass is 190 g/mol. The summed E-state index contributed by atoms with van der Waals surface area (Å²) in [6.45, 7) is 4.20. The van der Waals surface area contributed by atoms with E-state index in [0.717, 1.165) is 12.1 Å². The second kappa shape index (κ2) is 5.43. The van der Waals surface area contributed by atoms with Crippen molar-refractivity contribution in [3.63, 3.8) is 0 Å². The lowest BCUT2D eigenvalue weighted by Crippen LogP contribution is -1.87. The second-order valence-electron chi connectivity index (χ2n) is 3.39. The third kappa shape index (κ3) is 2.34. The summed E-state index contributed by atoms with van der Waals surface area (Å²) in [7, 11) is 0. The summed E-state index contributed by atoms with van der Waals surface area (Å²) < 4.78 is 0. The highest BCUT2D eigenvalue weighted by Crippen LogP contribution is 2.17. The zero-order valence-electron chi connectivity index (χ0n) is 8.93. The fourth-order valence-electron chi connectivity index (χ4n) is 1.55. The van der Waals surface area contributed by atoms with E-state index in [1.54, 1.807) is 0 Å². The Labute approximate surface area is 85.6 Å². The summed E-state index contributed by atoms with van der Waals surface area (Å²) in [6.07, 6.45) is 11.0. The van der Waals surface area contributed by atoms with Crippen molar-refractivity contribution in [1.29, 1.82) is 5.41 Å². The molecule has 14 heavy (non-hydrogen) atoms. The summed E-state index contributed by atoms with van der Waals surface area (Å²) in [4.78, 5) is 3.12. The Balaban J connectivity index is 2.92. The number of aromatic nitrogens is 1. The maximum absolute atomic E-state index is 7.26. The van der Waals surface area contributed by atoms with Crippen LogP contribution in [-0.4, -0.2) is 11.2 Å². The molecule has 0 spiro atoms. The number of hydrogen-bond donors (Lipinski definition) is 2. The van der Waals surface area contributed by atoms with Crippen LogP contribution in [0.4, 0.5) is 0 Å². The molecule has 0 saturated carbocycles. The SMILES string of the molecule is C/C=C\c1c(CCCC)c[nH]c1C=N. The first kappa shape index (κ1) is 10.8. The van der Waals surface area contributed by atoms with E-state index in [1.165, 1.54) is 30.2 Å². The van der Waals surface area contributed by atoms with Crippen LogP contribution in [0.3, 0.4) is 0 Å². The van der Waals surface area contributed by atoms with Gasteiger partial charge in [-0.3, -0.25) is 0 Å². The van der Waals surface area contributed by atoms with Crippen LogP contribution in [0.15, 0.2) is 12.3 Å². The zero-order chi connectivity index (χ0) is 10.4. The molecule has 0 radical (unpaired) electrons. The van der Waals surface area contributed by atoms with Gasteiger partial charge in [-0.2, -0.15) is 0 Å². The molecule has 2 heteroatoms. The summed E-state index contributed by atoms with van der Waals surface area (Å²) in [5, 5.41) is 7.26. The molecule has 0 saturated heterocycles. The van der Waals surface area contributed by atoms with Crippen LogP contribution in [0.25, 0.3) is 6.08 Å². The summed E-state index contributed by atoms with van der Waals surface area (Å²) in [6, 6.07) is 0. The second-order valence-corrected chi connectivity index (χ2v) is 3.39. The normalized spacial score (nSPS) is 11.0. The van der Waals surface area contributed by atoms with Crippen LogP contribution in [0, 0.1) is 5.41 Å². The van der Waals surface area contributed by atoms with Gasteiger partial charge in [0.25, 0.3) is 0 Å². The molecule has 1 aromatic heterocycles. The van der Waals surface area contributed by atoms with E-state index < -0.39 is 0 Å². The molecular formula is C12H18N2. The number of nitrogens with one attached hydrogen (secondary N) is 2. The van der Waals surface area contributed by atoms with E-state index in [9.17, 15) is 0 Å². The van der Waals surface area contributed by atoms with Gasteiger partial charge in [-0.1, -0.05) is 25.5 Å². The molecular weight excluding hydrogens is 172 g/mol. The van der Waals surface area contributed by atoms with Crippen molar-refractivity contribution in [1.82, 2.24) is 4.98 Å². The molecule has 0 amide bonds. The number of H-pyrrole nitrogens is 1. The molecule has 1 rings (SSSR count). The Kier molecular flexibility index (Phi) is 4.17. The standard InChI is InChI=1S/C12H18N2/c1-3-5-7-10-9-14-12(8-13)11(10)6-4-2/h4,6,8-9,13-14H,3,5,7H2,1-2H3/b6-4-,13-8?. The third-order valence-corrected chi connectivity index (χ3v) is 2.32. The van der Waals surface area contributed by atoms with Gasteiger partial charge in [0.2, 0.25) is 0 Å². The predicted molar refractivity (Wildman–Crippen MR) is 62.0 cm³/mol. The van der Waals surface area contributed by atoms with Crippen molar-refractivity contribution < 1.29 is 0 Å². The molecule has 0 aliphatic rings. The first-order valence-corrected chi connectivity index (χ1v) is 5.16. The number of hydrogen-bond acceptors (Lipinski definition) is 1. The molecule has 0 atom stereocenters. The van der Waals surface area contributed by atoms with Crippen LogP contribution in [0.1, 0.15) is 43.5 Å². The first-order valence-electron chi connectivity index (χ1n) is 5.16. The van der Waals surface area contributed by atoms with Crippen molar-refractivity contribution in [2.45, 2.75) is 33.1 Å². The van der Waals surface area contributed by atoms with Crippen molar-refractivity contribution in [3.8, 4) is 0 Å². The van der Waals surface area contributed by atoms with Crippen LogP contribution in [0.5, 0.6) is 0 Å². The largest absolute Gasteiger partial charge is 0.360 e. The van der Waals surface area contributed by atoms with Crippen molar-refractivity contribution in [3.05, 3.63) is 29.1 Å². The molecule has 0 aromatic carbocycles. The first-order chi connectivity index (χ1) is 6.83. The van der Waals surface area contributed by atoms with Crippen LogP contribution in [-0.2, 0) is 6.42 Å². The molecule has 1 heterocycles. The number of aromatic amines is 1. The molecule has 2 N–H and O–H groups in total. The molecule has 76 valence electrons. The van der Waals surface area contributed by atoms with Gasteiger partial charge in [0, 0.05) is 18.0 Å². The molecule has 0 fully saturated rings. The van der Waals surface area contributed by atoms with E-state index in [2.05, 4.69) is 18.0 Å². The maximum Gasteiger partial charge on any atom is 0.0635 e.